The van der Waals surface area contributed by atoms with Crippen LogP contribution in [0.1, 0.15) is 19.3 Å². The summed E-state index contributed by atoms with van der Waals surface area (Å²) in [5.41, 5.74) is 0. The van der Waals surface area contributed by atoms with Crippen LogP contribution >= 0.6 is 0 Å². The summed E-state index contributed by atoms with van der Waals surface area (Å²) in [6, 6.07) is 0. The molecule has 0 amide bonds. The van der Waals surface area contributed by atoms with Crippen molar-refractivity contribution in [2.24, 2.45) is 0 Å². The van der Waals surface area contributed by atoms with Crippen LogP contribution in [0.2, 0.25) is 0 Å². The predicted octanol–water partition coefficient (Wildman–Crippen LogP) is 5.58. The summed E-state index contributed by atoms with van der Waals surface area (Å²) in [5, 5.41) is 0. The van der Waals surface area contributed by atoms with Gasteiger partial charge in [0.2, 0.25) is 6.30 Å². The highest BCUT2D eigenvalue weighted by molar-refractivity contribution is 4.97. The van der Waals surface area contributed by atoms with E-state index in [1.807, 2.05) is 0 Å². The Morgan fingerprint density at radius 2 is 0.971 bits per heavy atom. The Morgan fingerprint density at radius 1 is 0.588 bits per heavy atom. The maximum atomic E-state index is 14.6. The highest BCUT2D eigenvalue weighted by Gasteiger charge is 2.64. The molecule has 2 rings (SSSR count). The van der Waals surface area contributed by atoms with Gasteiger partial charge in [-0.1, -0.05) is 0 Å². The van der Waals surface area contributed by atoms with Crippen LogP contribution in [0, 0.1) is 0 Å². The van der Waals surface area contributed by atoms with E-state index >= 15 is 0 Å². The third-order valence-electron chi connectivity index (χ3n) is 5.24. The lowest BCUT2D eigenvalue weighted by molar-refractivity contribution is -0.329. The van der Waals surface area contributed by atoms with Crippen LogP contribution in [0.4, 0.5) is 65.9 Å². The third-order valence-corrected chi connectivity index (χ3v) is 5.24. The van der Waals surface area contributed by atoms with Gasteiger partial charge in [-0.05, 0) is 19.3 Å². The molecule has 0 aromatic rings. The van der Waals surface area contributed by atoms with Crippen LogP contribution in [-0.4, -0.2) is 85.2 Å². The van der Waals surface area contributed by atoms with Crippen LogP contribution < -0.4 is 0 Å². The fourth-order valence-electron chi connectivity index (χ4n) is 3.50. The van der Waals surface area contributed by atoms with Crippen molar-refractivity contribution in [2.75, 3.05) is 13.1 Å². The number of alkyl halides is 15. The maximum Gasteiger partial charge on any atom is 0.425 e. The second-order valence-electron chi connectivity index (χ2n) is 7.78. The van der Waals surface area contributed by atoms with Gasteiger partial charge in [-0.25, -0.2) is 17.6 Å². The molecule has 6 atom stereocenters. The van der Waals surface area contributed by atoms with E-state index in [1.54, 1.807) is 0 Å². The summed E-state index contributed by atoms with van der Waals surface area (Å²) >= 11 is 0. The van der Waals surface area contributed by atoms with Crippen LogP contribution in [0.15, 0.2) is 0 Å². The Hall–Kier alpha value is -1.17. The summed E-state index contributed by atoms with van der Waals surface area (Å²) in [6.45, 7) is -3.67. The lowest BCUT2D eigenvalue weighted by atomic mass is 9.93. The smallest absolute Gasteiger partial charge is 0.362 e. The van der Waals surface area contributed by atoms with E-state index in [2.05, 4.69) is 9.47 Å². The standard InChI is InChI=1S/C16H16F15NO2/c17-10(16(29,30)31)12(19,20)6-2-1-3-7(33-6)13(21,22)11(18)32-4-8(14(23,24)25)34-9(5-32)15(26,27)28/h6-11H,1-5H2. The van der Waals surface area contributed by atoms with Crippen molar-refractivity contribution in [3.8, 4) is 0 Å². The molecule has 0 bridgehead atoms. The molecule has 0 aromatic heterocycles. The summed E-state index contributed by atoms with van der Waals surface area (Å²) in [6.07, 6.45) is -41.6. The Kier molecular flexibility index (Phi) is 8.01. The van der Waals surface area contributed by atoms with Crippen molar-refractivity contribution in [2.45, 2.75) is 86.5 Å². The molecule has 2 fully saturated rings. The van der Waals surface area contributed by atoms with Crippen LogP contribution in [0.5, 0.6) is 0 Å². The predicted molar refractivity (Wildman–Crippen MR) is 80.6 cm³/mol. The average Bonchev–Trinajstić information content (AvgIpc) is 2.70. The first-order valence-electron chi connectivity index (χ1n) is 9.38. The highest BCUT2D eigenvalue weighted by atomic mass is 19.4. The topological polar surface area (TPSA) is 21.7 Å². The Bertz CT molecular complexity index is 669. The van der Waals surface area contributed by atoms with E-state index < -0.39 is 105 Å². The van der Waals surface area contributed by atoms with Crippen molar-refractivity contribution in [1.82, 2.24) is 4.90 Å². The largest absolute Gasteiger partial charge is 0.425 e. The molecule has 0 aliphatic carbocycles. The van der Waals surface area contributed by atoms with E-state index in [0.29, 0.717) is 0 Å². The zero-order chi connectivity index (χ0) is 26.5. The number of ether oxygens (including phenoxy) is 2. The molecule has 0 saturated carbocycles. The van der Waals surface area contributed by atoms with Crippen molar-refractivity contribution in [3.05, 3.63) is 0 Å². The van der Waals surface area contributed by atoms with Gasteiger partial charge < -0.3 is 9.47 Å². The molecule has 0 N–H and O–H groups in total. The van der Waals surface area contributed by atoms with Crippen molar-refractivity contribution >= 4 is 0 Å². The van der Waals surface area contributed by atoms with Crippen LogP contribution in [-0.2, 0) is 9.47 Å². The minimum absolute atomic E-state index is 0.571. The van der Waals surface area contributed by atoms with Gasteiger partial charge in [-0.3, -0.25) is 4.90 Å². The number of halogens is 15. The van der Waals surface area contributed by atoms with Gasteiger partial charge in [0.1, 0.15) is 12.2 Å². The zero-order valence-electron chi connectivity index (χ0n) is 16.4. The lowest BCUT2D eigenvalue weighted by Gasteiger charge is -2.44. The van der Waals surface area contributed by atoms with E-state index in [4.69, 9.17) is 0 Å². The van der Waals surface area contributed by atoms with Gasteiger partial charge in [0, 0.05) is 13.1 Å². The van der Waals surface area contributed by atoms with Gasteiger partial charge in [0.15, 0.2) is 12.2 Å². The highest BCUT2D eigenvalue weighted by Crippen LogP contribution is 2.45. The molecule has 2 aliphatic heterocycles. The van der Waals surface area contributed by atoms with E-state index in [9.17, 15) is 65.9 Å². The fourth-order valence-corrected chi connectivity index (χ4v) is 3.50. The van der Waals surface area contributed by atoms with Crippen LogP contribution in [0.25, 0.3) is 0 Å². The summed E-state index contributed by atoms with van der Waals surface area (Å²) in [4.78, 5) is -0.571. The average molecular weight is 539 g/mol. The molecule has 0 spiro atoms. The van der Waals surface area contributed by atoms with Gasteiger partial charge >= 0.3 is 30.4 Å². The Balaban J connectivity index is 2.25. The molecule has 0 radical (unpaired) electrons. The second kappa shape index (κ2) is 9.37. The zero-order valence-corrected chi connectivity index (χ0v) is 16.4. The first-order chi connectivity index (χ1) is 15.1. The van der Waals surface area contributed by atoms with E-state index in [0.717, 1.165) is 0 Å². The number of hydrogen-bond acceptors (Lipinski definition) is 3. The SMILES string of the molecule is FC(N1CC(C(F)(F)F)OC(C(F)(F)F)C1)C(F)(F)C1CCCC(C(F)(F)C(F)C(F)(F)F)O1. The number of hydrogen-bond donors (Lipinski definition) is 0. The fraction of sp³-hybridized carbons (Fsp3) is 1.00. The number of morpholine rings is 1. The quantitative estimate of drug-likeness (QED) is 0.336. The summed E-state index contributed by atoms with van der Waals surface area (Å²) in [7, 11) is 0. The molecule has 6 unspecified atom stereocenters. The first-order valence-corrected chi connectivity index (χ1v) is 9.38. The molecule has 34 heavy (non-hydrogen) atoms. The summed E-state index contributed by atoms with van der Waals surface area (Å²) in [5.74, 6) is -10.5. The second-order valence-corrected chi connectivity index (χ2v) is 7.78. The van der Waals surface area contributed by atoms with E-state index in [-0.39, 0.29) is 0 Å². The van der Waals surface area contributed by atoms with E-state index in [1.165, 1.54) is 0 Å². The molecule has 0 aromatic carbocycles. The third kappa shape index (κ3) is 6.14. The van der Waals surface area contributed by atoms with Crippen LogP contribution in [0.3, 0.4) is 0 Å². The molecular weight excluding hydrogens is 523 g/mol. The Labute approximate surface area is 181 Å². The van der Waals surface area contributed by atoms with Gasteiger partial charge in [0.25, 0.3) is 6.17 Å². The van der Waals surface area contributed by atoms with Gasteiger partial charge in [-0.15, -0.1) is 0 Å². The monoisotopic (exact) mass is 539 g/mol. The van der Waals surface area contributed by atoms with Crippen molar-refractivity contribution in [3.63, 3.8) is 0 Å². The minimum atomic E-state index is -6.11. The molecule has 2 saturated heterocycles. The molecule has 18 heteroatoms. The normalized spacial score (nSPS) is 30.8. The molecular formula is C16H16F15NO2. The van der Waals surface area contributed by atoms with Gasteiger partial charge in [-0.2, -0.15) is 48.3 Å². The van der Waals surface area contributed by atoms with Crippen molar-refractivity contribution < 1.29 is 75.3 Å². The number of nitrogens with zero attached hydrogens (tertiary/aromatic N) is 1. The van der Waals surface area contributed by atoms with Gasteiger partial charge in [0.05, 0.1) is 0 Å². The molecule has 3 nitrogen and oxygen atoms in total. The lowest BCUT2D eigenvalue weighted by Crippen LogP contribution is -2.64. The van der Waals surface area contributed by atoms with Crippen molar-refractivity contribution in [1.29, 1.82) is 0 Å². The molecule has 2 aliphatic rings. The minimum Gasteiger partial charge on any atom is -0.362 e. The first kappa shape index (κ1) is 29.1. The Morgan fingerprint density at radius 3 is 1.35 bits per heavy atom. The maximum absolute atomic E-state index is 14.6. The molecule has 202 valence electrons. The molecule has 2 heterocycles. The summed E-state index contributed by atoms with van der Waals surface area (Å²) < 4.78 is 207. The number of rotatable bonds is 5.